The molecule has 8 nitrogen and oxygen atoms in total. The number of fused-ring (bicyclic) bond motifs is 2. The second kappa shape index (κ2) is 11.2. The number of carboxylic acid groups (broad SMARTS) is 1. The van der Waals surface area contributed by atoms with Gasteiger partial charge in [0, 0.05) is 31.3 Å². The zero-order chi connectivity index (χ0) is 30.5. The Morgan fingerprint density at radius 3 is 2.58 bits per heavy atom. The summed E-state index contributed by atoms with van der Waals surface area (Å²) in [5.74, 6) is -4.40. The summed E-state index contributed by atoms with van der Waals surface area (Å²) in [6, 6.07) is 6.23. The number of ether oxygens (including phenoxy) is 2. The van der Waals surface area contributed by atoms with Gasteiger partial charge < -0.3 is 19.1 Å². The SMILES string of the molecule is O=C(O)c1ccc2nc(CN3CCc4cc(C(F)(F)F)c(OCc5ccc(F)cc5F)nc4C3)n(C[C@@H]3CCO3)c2c1F. The van der Waals surface area contributed by atoms with Gasteiger partial charge >= 0.3 is 12.1 Å². The van der Waals surface area contributed by atoms with Crippen molar-refractivity contribution >= 4 is 17.0 Å². The Kier molecular flexibility index (Phi) is 7.50. The third-order valence-electron chi connectivity index (χ3n) is 7.61. The van der Waals surface area contributed by atoms with E-state index >= 15 is 4.39 Å². The van der Waals surface area contributed by atoms with Crippen molar-refractivity contribution in [3.63, 3.8) is 0 Å². The standard InChI is InChI=1S/C29H24F6N4O4/c30-17-2-1-16(21(31)10-17)14-43-27-20(29(33,34)35)9-15-5-7-38(12-23(15)37-27)13-24-36-22-4-3-19(28(40)41)25(32)26(22)39(24)11-18-6-8-42-18/h1-4,9-10,18H,5-8,11-14H2,(H,40,41)/t18-/m0/s1. The monoisotopic (exact) mass is 606 g/mol. The van der Waals surface area contributed by atoms with E-state index in [9.17, 15) is 31.9 Å². The number of hydrogen-bond donors (Lipinski definition) is 1. The van der Waals surface area contributed by atoms with E-state index in [0.29, 0.717) is 36.3 Å². The van der Waals surface area contributed by atoms with Gasteiger partial charge in [0.25, 0.3) is 0 Å². The third-order valence-corrected chi connectivity index (χ3v) is 7.61. The largest absolute Gasteiger partial charge is 0.478 e. The first-order valence-electron chi connectivity index (χ1n) is 13.4. The van der Waals surface area contributed by atoms with E-state index < -0.39 is 53.2 Å². The van der Waals surface area contributed by atoms with Crippen LogP contribution in [0, 0.1) is 17.5 Å². The van der Waals surface area contributed by atoms with Crippen molar-refractivity contribution in [1.82, 2.24) is 19.4 Å². The van der Waals surface area contributed by atoms with E-state index in [2.05, 4.69) is 9.97 Å². The van der Waals surface area contributed by atoms with Crippen molar-refractivity contribution in [3.05, 3.63) is 87.6 Å². The molecule has 4 aromatic rings. The minimum Gasteiger partial charge on any atom is -0.478 e. The third kappa shape index (κ3) is 5.76. The second-order valence-electron chi connectivity index (χ2n) is 10.4. The summed E-state index contributed by atoms with van der Waals surface area (Å²) in [5, 5.41) is 9.41. The normalized spacial score (nSPS) is 17.1. The molecule has 226 valence electrons. The Bertz CT molecular complexity index is 1720. The highest BCUT2D eigenvalue weighted by Gasteiger charge is 2.37. The summed E-state index contributed by atoms with van der Waals surface area (Å²) in [7, 11) is 0. The van der Waals surface area contributed by atoms with Gasteiger partial charge in [-0.05, 0) is 48.7 Å². The molecule has 1 atom stereocenters. The predicted octanol–water partition coefficient (Wildman–Crippen LogP) is 5.49. The van der Waals surface area contributed by atoms with Crippen LogP contribution in [0.3, 0.4) is 0 Å². The van der Waals surface area contributed by atoms with Gasteiger partial charge in [0.1, 0.15) is 35.1 Å². The van der Waals surface area contributed by atoms with Gasteiger partial charge in [-0.3, -0.25) is 4.90 Å². The van der Waals surface area contributed by atoms with E-state index in [4.69, 9.17) is 9.47 Å². The van der Waals surface area contributed by atoms with Crippen LogP contribution in [-0.4, -0.2) is 49.8 Å². The van der Waals surface area contributed by atoms with Crippen LogP contribution in [0.1, 0.15) is 45.0 Å². The van der Waals surface area contributed by atoms with Gasteiger partial charge in [-0.15, -0.1) is 0 Å². The van der Waals surface area contributed by atoms with Crippen molar-refractivity contribution in [2.75, 3.05) is 13.2 Å². The Hall–Kier alpha value is -4.17. The zero-order valence-corrected chi connectivity index (χ0v) is 22.4. The molecule has 43 heavy (non-hydrogen) atoms. The summed E-state index contributed by atoms with van der Waals surface area (Å²) in [6.07, 6.45) is -4.02. The first-order valence-corrected chi connectivity index (χ1v) is 13.4. The van der Waals surface area contributed by atoms with Gasteiger partial charge in [-0.25, -0.2) is 27.9 Å². The summed E-state index contributed by atoms with van der Waals surface area (Å²) in [4.78, 5) is 22.1. The van der Waals surface area contributed by atoms with Gasteiger partial charge in [-0.2, -0.15) is 13.2 Å². The fraction of sp³-hybridized carbons (Fsp3) is 0.345. The Morgan fingerprint density at radius 2 is 1.91 bits per heavy atom. The van der Waals surface area contributed by atoms with Crippen molar-refractivity contribution in [1.29, 1.82) is 0 Å². The number of aromatic nitrogens is 3. The lowest BCUT2D eigenvalue weighted by atomic mass is 10.0. The van der Waals surface area contributed by atoms with Crippen LogP contribution in [-0.2, 0) is 43.6 Å². The van der Waals surface area contributed by atoms with Crippen LogP contribution < -0.4 is 4.74 Å². The topological polar surface area (TPSA) is 89.7 Å². The second-order valence-corrected chi connectivity index (χ2v) is 10.4. The van der Waals surface area contributed by atoms with E-state index in [1.165, 1.54) is 6.07 Å². The van der Waals surface area contributed by atoms with Gasteiger partial charge in [0.05, 0.1) is 36.0 Å². The number of halogens is 6. The molecule has 6 rings (SSSR count). The quantitative estimate of drug-likeness (QED) is 0.266. The molecule has 0 amide bonds. The highest BCUT2D eigenvalue weighted by Crippen LogP contribution is 2.38. The lowest BCUT2D eigenvalue weighted by Gasteiger charge is -2.30. The molecule has 2 aromatic heterocycles. The van der Waals surface area contributed by atoms with E-state index in [-0.39, 0.29) is 48.8 Å². The number of pyridine rings is 1. The lowest BCUT2D eigenvalue weighted by molar-refractivity contribution is -0.139. The van der Waals surface area contributed by atoms with E-state index in [1.807, 2.05) is 4.90 Å². The Labute approximate surface area is 240 Å². The minimum absolute atomic E-state index is 0.0412. The molecular formula is C29H24F6N4O4. The average molecular weight is 607 g/mol. The average Bonchev–Trinajstić information content (AvgIpc) is 3.26. The number of alkyl halides is 3. The number of nitrogens with zero attached hydrogens (tertiary/aromatic N) is 4. The molecule has 1 fully saturated rings. The highest BCUT2D eigenvalue weighted by molar-refractivity contribution is 5.93. The molecular weight excluding hydrogens is 582 g/mol. The maximum Gasteiger partial charge on any atom is 0.421 e. The molecule has 2 aliphatic heterocycles. The van der Waals surface area contributed by atoms with Crippen LogP contribution in [0.5, 0.6) is 5.88 Å². The highest BCUT2D eigenvalue weighted by atomic mass is 19.4. The number of aromatic carboxylic acids is 1. The maximum atomic E-state index is 15.3. The molecule has 1 saturated heterocycles. The van der Waals surface area contributed by atoms with Crippen molar-refractivity contribution in [3.8, 4) is 5.88 Å². The van der Waals surface area contributed by atoms with Crippen molar-refractivity contribution in [2.24, 2.45) is 0 Å². The van der Waals surface area contributed by atoms with Gasteiger partial charge in [0.15, 0.2) is 5.82 Å². The molecule has 14 heteroatoms. The van der Waals surface area contributed by atoms with Crippen molar-refractivity contribution in [2.45, 2.75) is 51.4 Å². The number of imidazole rings is 1. The number of benzene rings is 2. The molecule has 1 N–H and O–H groups in total. The predicted molar refractivity (Wildman–Crippen MR) is 139 cm³/mol. The van der Waals surface area contributed by atoms with Crippen molar-refractivity contribution < 1.29 is 45.7 Å². The number of hydrogen-bond acceptors (Lipinski definition) is 6. The summed E-state index contributed by atoms with van der Waals surface area (Å²) < 4.78 is 96.8. The zero-order valence-electron chi connectivity index (χ0n) is 22.4. The molecule has 0 radical (unpaired) electrons. The fourth-order valence-electron chi connectivity index (χ4n) is 5.27. The maximum absolute atomic E-state index is 15.3. The van der Waals surface area contributed by atoms with E-state index in [0.717, 1.165) is 30.7 Å². The lowest BCUT2D eigenvalue weighted by Crippen LogP contribution is -2.35. The van der Waals surface area contributed by atoms with Gasteiger partial charge in [-0.1, -0.05) is 0 Å². The van der Waals surface area contributed by atoms with Gasteiger partial charge in [0.2, 0.25) is 5.88 Å². The van der Waals surface area contributed by atoms with Crippen LogP contribution in [0.15, 0.2) is 36.4 Å². The number of carboxylic acids is 1. The molecule has 4 heterocycles. The Morgan fingerprint density at radius 1 is 1.12 bits per heavy atom. The molecule has 0 aliphatic carbocycles. The molecule has 0 bridgehead atoms. The molecule has 0 unspecified atom stereocenters. The van der Waals surface area contributed by atoms with Crippen LogP contribution in [0.2, 0.25) is 0 Å². The smallest absolute Gasteiger partial charge is 0.421 e. The summed E-state index contributed by atoms with van der Waals surface area (Å²) in [6.45, 7) is 0.841. The van der Waals surface area contributed by atoms with Crippen LogP contribution in [0.25, 0.3) is 11.0 Å². The number of carbonyl (C=O) groups is 1. The first kappa shape index (κ1) is 28.9. The summed E-state index contributed by atoms with van der Waals surface area (Å²) >= 11 is 0. The molecule has 0 spiro atoms. The van der Waals surface area contributed by atoms with Crippen LogP contribution in [0.4, 0.5) is 26.3 Å². The Balaban J connectivity index is 1.29. The first-order chi connectivity index (χ1) is 20.5. The fourth-order valence-corrected chi connectivity index (χ4v) is 5.27. The molecule has 0 saturated carbocycles. The van der Waals surface area contributed by atoms with Crippen LogP contribution >= 0.6 is 0 Å². The number of rotatable bonds is 8. The minimum atomic E-state index is -4.79. The molecule has 2 aliphatic rings. The summed E-state index contributed by atoms with van der Waals surface area (Å²) in [5.41, 5.74) is -0.724. The molecule has 2 aromatic carbocycles. The van der Waals surface area contributed by atoms with E-state index in [1.54, 1.807) is 4.57 Å².